The summed E-state index contributed by atoms with van der Waals surface area (Å²) < 4.78 is 20.1. The lowest BCUT2D eigenvalue weighted by atomic mass is 10.1. The van der Waals surface area contributed by atoms with E-state index in [0.29, 0.717) is 37.6 Å². The number of nitrogens with zero attached hydrogens (tertiary/aromatic N) is 2. The van der Waals surface area contributed by atoms with Gasteiger partial charge < -0.3 is 15.0 Å². The largest absolute Gasteiger partial charge is 0.372 e. The second-order valence-corrected chi connectivity index (χ2v) is 5.42. The molecule has 1 aromatic rings. The molecule has 2 rings (SSSR count). The van der Waals surface area contributed by atoms with Gasteiger partial charge in [0.05, 0.1) is 12.2 Å². The lowest BCUT2D eigenvalue weighted by Crippen LogP contribution is -2.49. The molecule has 0 spiro atoms. The summed E-state index contributed by atoms with van der Waals surface area (Å²) >= 11 is 0. The zero-order valence-corrected chi connectivity index (χ0v) is 11.9. The van der Waals surface area contributed by atoms with Gasteiger partial charge >= 0.3 is 0 Å². The molecular weight excluding hydrogens is 245 g/mol. The maximum atomic E-state index is 14.4. The average Bonchev–Trinajstić information content (AvgIpc) is 2.36. The second kappa shape index (κ2) is 5.84. The lowest BCUT2D eigenvalue weighted by Gasteiger charge is -2.39. The number of anilines is 1. The first-order valence-electron chi connectivity index (χ1n) is 6.76. The molecule has 1 aliphatic rings. The minimum Gasteiger partial charge on any atom is -0.372 e. The van der Waals surface area contributed by atoms with Gasteiger partial charge in [-0.05, 0) is 26.5 Å². The topological polar surface area (TPSA) is 37.4 Å². The van der Waals surface area contributed by atoms with Crippen molar-refractivity contribution in [2.45, 2.75) is 32.9 Å². The molecule has 1 aromatic heterocycles. The number of aromatic nitrogens is 1. The number of hydrogen-bond donors (Lipinski definition) is 1. The fourth-order valence-corrected chi connectivity index (χ4v) is 2.29. The molecule has 0 aromatic carbocycles. The third-order valence-electron chi connectivity index (χ3n) is 3.24. The molecule has 0 bridgehead atoms. The first-order valence-corrected chi connectivity index (χ1v) is 6.76. The Kier molecular flexibility index (Phi) is 4.37. The van der Waals surface area contributed by atoms with Gasteiger partial charge in [0.2, 0.25) is 0 Å². The van der Waals surface area contributed by atoms with Crippen LogP contribution in [0.1, 0.15) is 26.3 Å². The van der Waals surface area contributed by atoms with Crippen molar-refractivity contribution in [2.75, 3.05) is 31.1 Å². The molecule has 2 heterocycles. The van der Waals surface area contributed by atoms with Crippen LogP contribution in [-0.2, 0) is 11.3 Å². The lowest BCUT2D eigenvalue weighted by molar-refractivity contribution is -0.0280. The van der Waals surface area contributed by atoms with Crippen LogP contribution in [-0.4, -0.2) is 36.8 Å². The second-order valence-electron chi connectivity index (χ2n) is 5.42. The van der Waals surface area contributed by atoms with E-state index in [0.717, 1.165) is 6.54 Å². The van der Waals surface area contributed by atoms with Crippen molar-refractivity contribution in [3.63, 3.8) is 0 Å². The van der Waals surface area contributed by atoms with Gasteiger partial charge in [0, 0.05) is 31.4 Å². The number of hydrogen-bond acceptors (Lipinski definition) is 4. The van der Waals surface area contributed by atoms with E-state index < -0.39 is 0 Å². The van der Waals surface area contributed by atoms with Crippen LogP contribution < -0.4 is 10.2 Å². The summed E-state index contributed by atoms with van der Waals surface area (Å²) in [6, 6.07) is 1.73. The highest BCUT2D eigenvalue weighted by Crippen LogP contribution is 2.25. The molecule has 19 heavy (non-hydrogen) atoms. The van der Waals surface area contributed by atoms with Gasteiger partial charge in [-0.3, -0.25) is 0 Å². The number of morpholine rings is 1. The summed E-state index contributed by atoms with van der Waals surface area (Å²) in [5, 5.41) is 3.14. The van der Waals surface area contributed by atoms with Crippen LogP contribution in [0.4, 0.5) is 10.2 Å². The quantitative estimate of drug-likeness (QED) is 0.904. The highest BCUT2D eigenvalue weighted by molar-refractivity contribution is 5.44. The van der Waals surface area contributed by atoms with E-state index in [1.807, 2.05) is 25.7 Å². The minimum atomic E-state index is -0.260. The van der Waals surface area contributed by atoms with Gasteiger partial charge in [-0.25, -0.2) is 9.37 Å². The molecule has 1 fully saturated rings. The number of rotatable bonds is 4. The zero-order valence-electron chi connectivity index (χ0n) is 11.9. The van der Waals surface area contributed by atoms with E-state index in [9.17, 15) is 4.39 Å². The van der Waals surface area contributed by atoms with Crippen LogP contribution in [0.2, 0.25) is 0 Å². The van der Waals surface area contributed by atoms with Gasteiger partial charge in [-0.1, -0.05) is 6.92 Å². The predicted octanol–water partition coefficient (Wildman–Crippen LogP) is 1.95. The molecule has 0 atom stereocenters. The van der Waals surface area contributed by atoms with Gasteiger partial charge in [0.15, 0.2) is 11.6 Å². The monoisotopic (exact) mass is 267 g/mol. The Bertz CT molecular complexity index is 437. The van der Waals surface area contributed by atoms with E-state index in [1.54, 1.807) is 12.3 Å². The molecule has 0 unspecified atom stereocenters. The fourth-order valence-electron chi connectivity index (χ4n) is 2.29. The Morgan fingerprint density at radius 1 is 1.53 bits per heavy atom. The molecule has 5 heteroatoms. The molecule has 1 N–H and O–H groups in total. The smallest absolute Gasteiger partial charge is 0.170 e. The Morgan fingerprint density at radius 3 is 3.00 bits per heavy atom. The summed E-state index contributed by atoms with van der Waals surface area (Å²) in [4.78, 5) is 6.17. The Morgan fingerprint density at radius 2 is 2.32 bits per heavy atom. The third kappa shape index (κ3) is 3.42. The predicted molar refractivity (Wildman–Crippen MR) is 73.8 cm³/mol. The first-order chi connectivity index (χ1) is 9.03. The number of halogens is 1. The van der Waals surface area contributed by atoms with Crippen LogP contribution in [0.5, 0.6) is 0 Å². The van der Waals surface area contributed by atoms with Gasteiger partial charge in [-0.15, -0.1) is 0 Å². The Labute approximate surface area is 114 Å². The first kappa shape index (κ1) is 14.2. The van der Waals surface area contributed by atoms with Crippen molar-refractivity contribution in [3.8, 4) is 0 Å². The maximum absolute atomic E-state index is 14.4. The molecule has 1 saturated heterocycles. The molecule has 0 saturated carbocycles. The van der Waals surface area contributed by atoms with E-state index in [4.69, 9.17) is 4.74 Å². The molecule has 0 aliphatic carbocycles. The average molecular weight is 267 g/mol. The van der Waals surface area contributed by atoms with Crippen molar-refractivity contribution in [3.05, 3.63) is 23.6 Å². The van der Waals surface area contributed by atoms with E-state index in [-0.39, 0.29) is 11.4 Å². The summed E-state index contributed by atoms with van der Waals surface area (Å²) in [6.45, 7) is 9.32. The maximum Gasteiger partial charge on any atom is 0.170 e. The minimum absolute atomic E-state index is 0.221. The van der Waals surface area contributed by atoms with Crippen molar-refractivity contribution < 1.29 is 9.13 Å². The summed E-state index contributed by atoms with van der Waals surface area (Å²) in [6.07, 6.45) is 1.67. The van der Waals surface area contributed by atoms with Crippen LogP contribution in [0, 0.1) is 5.82 Å². The van der Waals surface area contributed by atoms with Crippen LogP contribution in [0.3, 0.4) is 0 Å². The number of nitrogens with one attached hydrogen (secondary N) is 1. The molecule has 0 radical (unpaired) electrons. The number of ether oxygens (including phenoxy) is 1. The fraction of sp³-hybridized carbons (Fsp3) is 0.643. The van der Waals surface area contributed by atoms with Crippen LogP contribution in [0.15, 0.2) is 12.3 Å². The highest BCUT2D eigenvalue weighted by Gasteiger charge is 2.29. The third-order valence-corrected chi connectivity index (χ3v) is 3.24. The molecule has 4 nitrogen and oxygen atoms in total. The summed E-state index contributed by atoms with van der Waals surface area (Å²) in [7, 11) is 0. The van der Waals surface area contributed by atoms with Crippen LogP contribution >= 0.6 is 0 Å². The molecule has 0 amide bonds. The van der Waals surface area contributed by atoms with E-state index in [1.165, 1.54) is 0 Å². The van der Waals surface area contributed by atoms with Gasteiger partial charge in [0.1, 0.15) is 0 Å². The summed E-state index contributed by atoms with van der Waals surface area (Å²) in [5.74, 6) is 0.216. The summed E-state index contributed by atoms with van der Waals surface area (Å²) in [5.41, 5.74) is 0.403. The van der Waals surface area contributed by atoms with Crippen molar-refractivity contribution in [1.29, 1.82) is 0 Å². The highest BCUT2D eigenvalue weighted by atomic mass is 19.1. The van der Waals surface area contributed by atoms with Crippen LogP contribution in [0.25, 0.3) is 0 Å². The van der Waals surface area contributed by atoms with Gasteiger partial charge in [0.25, 0.3) is 0 Å². The Balaban J connectivity index is 2.19. The van der Waals surface area contributed by atoms with Crippen molar-refractivity contribution in [1.82, 2.24) is 10.3 Å². The standard InChI is InChI=1S/C14H22FN3O/c1-4-16-9-11-5-6-17-13(12(11)15)18-7-8-19-14(2,3)10-18/h5-6,16H,4,7-10H2,1-3H3. The molecule has 106 valence electrons. The SMILES string of the molecule is CCNCc1ccnc(N2CCOC(C)(C)C2)c1F. The zero-order chi connectivity index (χ0) is 13.9. The van der Waals surface area contributed by atoms with Crippen molar-refractivity contribution >= 4 is 5.82 Å². The Hall–Kier alpha value is -1.20. The molecular formula is C14H22FN3O. The number of pyridine rings is 1. The molecule has 1 aliphatic heterocycles. The van der Waals surface area contributed by atoms with E-state index in [2.05, 4.69) is 10.3 Å². The normalized spacial score (nSPS) is 18.6. The van der Waals surface area contributed by atoms with Crippen molar-refractivity contribution in [2.24, 2.45) is 0 Å². The van der Waals surface area contributed by atoms with E-state index >= 15 is 0 Å². The van der Waals surface area contributed by atoms with Gasteiger partial charge in [-0.2, -0.15) is 0 Å².